The molecule has 5 nitrogen and oxygen atoms in total. The number of methoxy groups -OCH3 is 1. The third-order valence-electron chi connectivity index (χ3n) is 3.61. The second-order valence-electron chi connectivity index (χ2n) is 4.94. The molecule has 20 heavy (non-hydrogen) atoms. The molecular weight excluding hydrogens is 258 g/mol. The lowest BCUT2D eigenvalue weighted by atomic mass is 9.77. The summed E-state index contributed by atoms with van der Waals surface area (Å²) in [5.41, 5.74) is 0.431. The van der Waals surface area contributed by atoms with E-state index in [0.29, 0.717) is 19.6 Å². The molecule has 1 aliphatic rings. The summed E-state index contributed by atoms with van der Waals surface area (Å²) in [5, 5.41) is 2.81. The van der Waals surface area contributed by atoms with E-state index in [0.717, 1.165) is 11.3 Å². The molecule has 1 heterocycles. The first-order valence-electron chi connectivity index (χ1n) is 6.66. The molecule has 5 heteroatoms. The summed E-state index contributed by atoms with van der Waals surface area (Å²) in [6, 6.07) is 7.48. The number of esters is 1. The Morgan fingerprint density at radius 3 is 2.55 bits per heavy atom. The van der Waals surface area contributed by atoms with E-state index < -0.39 is 5.41 Å². The molecule has 108 valence electrons. The first kappa shape index (κ1) is 14.4. The minimum absolute atomic E-state index is 0.0369. The lowest BCUT2D eigenvalue weighted by Crippen LogP contribution is -2.32. The smallest absolute Gasteiger partial charge is 0.306 e. The number of carbonyl (C=O) groups is 2. The quantitative estimate of drug-likeness (QED) is 0.826. The largest absolute Gasteiger partial charge is 0.497 e. The van der Waals surface area contributed by atoms with Crippen LogP contribution in [0.4, 0.5) is 0 Å². The van der Waals surface area contributed by atoms with Gasteiger partial charge in [0, 0.05) is 18.4 Å². The highest BCUT2D eigenvalue weighted by atomic mass is 16.5. The lowest BCUT2D eigenvalue weighted by Gasteiger charge is -2.26. The summed E-state index contributed by atoms with van der Waals surface area (Å²) in [7, 11) is 1.60. The number of nitrogens with one attached hydrogen (secondary N) is 1. The predicted molar refractivity (Wildman–Crippen MR) is 73.5 cm³/mol. The van der Waals surface area contributed by atoms with Crippen LogP contribution in [0.1, 0.15) is 25.3 Å². The second-order valence-corrected chi connectivity index (χ2v) is 4.94. The Labute approximate surface area is 118 Å². The maximum Gasteiger partial charge on any atom is 0.306 e. The van der Waals surface area contributed by atoms with Crippen LogP contribution in [0.25, 0.3) is 0 Å². The van der Waals surface area contributed by atoms with Crippen LogP contribution in [0.5, 0.6) is 5.75 Å². The number of hydrogen-bond acceptors (Lipinski definition) is 4. The van der Waals surface area contributed by atoms with E-state index in [4.69, 9.17) is 9.47 Å². The third kappa shape index (κ3) is 2.92. The molecule has 1 N–H and O–H groups in total. The molecule has 0 aromatic heterocycles. The van der Waals surface area contributed by atoms with Crippen molar-refractivity contribution >= 4 is 11.9 Å². The molecule has 1 fully saturated rings. The zero-order valence-corrected chi connectivity index (χ0v) is 11.8. The van der Waals surface area contributed by atoms with Crippen LogP contribution in [0.3, 0.4) is 0 Å². The molecule has 0 saturated carbocycles. The van der Waals surface area contributed by atoms with Gasteiger partial charge in [-0.1, -0.05) is 12.1 Å². The van der Waals surface area contributed by atoms with E-state index >= 15 is 0 Å². The fourth-order valence-corrected chi connectivity index (χ4v) is 2.56. The van der Waals surface area contributed by atoms with Crippen molar-refractivity contribution in [1.29, 1.82) is 0 Å². The first-order chi connectivity index (χ1) is 9.59. The van der Waals surface area contributed by atoms with E-state index in [2.05, 4.69) is 5.32 Å². The van der Waals surface area contributed by atoms with E-state index in [1.165, 1.54) is 0 Å². The van der Waals surface area contributed by atoms with Crippen molar-refractivity contribution in [3.8, 4) is 5.75 Å². The van der Waals surface area contributed by atoms with Crippen LogP contribution in [0.2, 0.25) is 0 Å². The molecule has 1 atom stereocenters. The zero-order valence-electron chi connectivity index (χ0n) is 11.8. The zero-order chi connectivity index (χ0) is 14.6. The van der Waals surface area contributed by atoms with E-state index in [1.54, 1.807) is 14.0 Å². The topological polar surface area (TPSA) is 64.6 Å². The van der Waals surface area contributed by atoms with Crippen molar-refractivity contribution in [2.75, 3.05) is 20.3 Å². The molecule has 0 bridgehead atoms. The lowest BCUT2D eigenvalue weighted by molar-refractivity contribution is -0.144. The molecule has 2 rings (SSSR count). The molecule has 1 aliphatic heterocycles. The molecule has 0 spiro atoms. The molecule has 0 aliphatic carbocycles. The SMILES string of the molecule is CCOC(=O)CC1(c2ccc(OC)cc2)CNC(=O)C1. The monoisotopic (exact) mass is 277 g/mol. The number of benzene rings is 1. The van der Waals surface area contributed by atoms with Crippen molar-refractivity contribution < 1.29 is 19.1 Å². The molecule has 0 radical (unpaired) electrons. The normalized spacial score (nSPS) is 21.4. The van der Waals surface area contributed by atoms with Gasteiger partial charge in [-0.25, -0.2) is 0 Å². The summed E-state index contributed by atoms with van der Waals surface area (Å²) < 4.78 is 10.2. The highest BCUT2D eigenvalue weighted by Crippen LogP contribution is 2.36. The van der Waals surface area contributed by atoms with E-state index in [1.807, 2.05) is 24.3 Å². The molecule has 1 aromatic carbocycles. The standard InChI is InChI=1S/C15H19NO4/c1-3-20-14(18)9-15(8-13(17)16-10-15)11-4-6-12(19-2)7-5-11/h4-7H,3,8-10H2,1-2H3,(H,16,17). The Bertz CT molecular complexity index is 497. The summed E-state index contributed by atoms with van der Waals surface area (Å²) in [6.45, 7) is 2.58. The van der Waals surface area contributed by atoms with Gasteiger partial charge in [-0.15, -0.1) is 0 Å². The van der Waals surface area contributed by atoms with Crippen molar-refractivity contribution in [1.82, 2.24) is 5.32 Å². The van der Waals surface area contributed by atoms with Crippen LogP contribution in [0, 0.1) is 0 Å². The predicted octanol–water partition coefficient (Wildman–Crippen LogP) is 1.41. The maximum atomic E-state index is 11.8. The Hall–Kier alpha value is -2.04. The number of ether oxygens (including phenoxy) is 2. The molecular formula is C15H19NO4. The minimum Gasteiger partial charge on any atom is -0.497 e. The average molecular weight is 277 g/mol. The van der Waals surface area contributed by atoms with E-state index in [-0.39, 0.29) is 18.3 Å². The van der Waals surface area contributed by atoms with Gasteiger partial charge in [-0.2, -0.15) is 0 Å². The molecule has 1 unspecified atom stereocenters. The summed E-state index contributed by atoms with van der Waals surface area (Å²) in [5.74, 6) is 0.433. The molecule has 1 aromatic rings. The number of carbonyl (C=O) groups excluding carboxylic acids is 2. The van der Waals surface area contributed by atoms with Gasteiger partial charge in [0.05, 0.1) is 20.1 Å². The highest BCUT2D eigenvalue weighted by molar-refractivity contribution is 5.83. The van der Waals surface area contributed by atoms with Crippen molar-refractivity contribution in [2.45, 2.75) is 25.2 Å². The summed E-state index contributed by atoms with van der Waals surface area (Å²) in [4.78, 5) is 23.4. The van der Waals surface area contributed by atoms with E-state index in [9.17, 15) is 9.59 Å². The summed E-state index contributed by atoms with van der Waals surface area (Å²) in [6.07, 6.45) is 0.504. The Kier molecular flexibility index (Phi) is 4.27. The average Bonchev–Trinajstić information content (AvgIpc) is 2.81. The first-order valence-corrected chi connectivity index (χ1v) is 6.66. The fraction of sp³-hybridized carbons (Fsp3) is 0.467. The highest BCUT2D eigenvalue weighted by Gasteiger charge is 2.42. The van der Waals surface area contributed by atoms with Gasteiger partial charge >= 0.3 is 5.97 Å². The number of hydrogen-bond donors (Lipinski definition) is 1. The van der Waals surface area contributed by atoms with Gasteiger partial charge in [-0.05, 0) is 24.6 Å². The van der Waals surface area contributed by atoms with Gasteiger partial charge < -0.3 is 14.8 Å². The van der Waals surface area contributed by atoms with Gasteiger partial charge in [0.2, 0.25) is 5.91 Å². The number of rotatable bonds is 5. The summed E-state index contributed by atoms with van der Waals surface area (Å²) >= 11 is 0. The Morgan fingerprint density at radius 1 is 1.35 bits per heavy atom. The second kappa shape index (κ2) is 5.94. The van der Waals surface area contributed by atoms with Gasteiger partial charge in [0.25, 0.3) is 0 Å². The third-order valence-corrected chi connectivity index (χ3v) is 3.61. The van der Waals surface area contributed by atoms with Gasteiger partial charge in [0.1, 0.15) is 5.75 Å². The van der Waals surface area contributed by atoms with Crippen molar-refractivity contribution in [2.24, 2.45) is 0 Å². The number of amides is 1. The molecule has 1 amide bonds. The van der Waals surface area contributed by atoms with Gasteiger partial charge in [0.15, 0.2) is 0 Å². The van der Waals surface area contributed by atoms with Crippen LogP contribution >= 0.6 is 0 Å². The van der Waals surface area contributed by atoms with Crippen LogP contribution in [-0.2, 0) is 19.7 Å². The van der Waals surface area contributed by atoms with Crippen LogP contribution in [0.15, 0.2) is 24.3 Å². The van der Waals surface area contributed by atoms with Crippen LogP contribution < -0.4 is 10.1 Å². The fourth-order valence-electron chi connectivity index (χ4n) is 2.56. The molecule has 1 saturated heterocycles. The Balaban J connectivity index is 2.26. The van der Waals surface area contributed by atoms with Crippen molar-refractivity contribution in [3.63, 3.8) is 0 Å². The van der Waals surface area contributed by atoms with Crippen molar-refractivity contribution in [3.05, 3.63) is 29.8 Å². The minimum atomic E-state index is -0.518. The van der Waals surface area contributed by atoms with Gasteiger partial charge in [-0.3, -0.25) is 9.59 Å². The van der Waals surface area contributed by atoms with Crippen LogP contribution in [-0.4, -0.2) is 32.1 Å². The maximum absolute atomic E-state index is 11.8. The Morgan fingerprint density at radius 2 is 2.05 bits per heavy atom.